The Balaban J connectivity index is 2.69. The Kier molecular flexibility index (Phi) is 4.30. The Labute approximate surface area is 89.9 Å². The Morgan fingerprint density at radius 3 is 3.13 bits per heavy atom. The number of anilines is 1. The molecule has 78 valence electrons. The molecule has 4 nitrogen and oxygen atoms in total. The van der Waals surface area contributed by atoms with Crippen LogP contribution in [0.15, 0.2) is 24.9 Å². The van der Waals surface area contributed by atoms with Crippen LogP contribution in [0.4, 0.5) is 5.82 Å². The molecule has 0 radical (unpaired) electrons. The smallest absolute Gasteiger partial charge is 0.168 e. The summed E-state index contributed by atoms with van der Waals surface area (Å²) in [6.45, 7) is 4.51. The van der Waals surface area contributed by atoms with Crippen molar-refractivity contribution in [1.29, 1.82) is 5.26 Å². The van der Waals surface area contributed by atoms with Crippen LogP contribution < -0.4 is 4.90 Å². The maximum absolute atomic E-state index is 8.88. The highest BCUT2D eigenvalue weighted by atomic mass is 15.2. The van der Waals surface area contributed by atoms with Crippen molar-refractivity contribution in [1.82, 2.24) is 10.2 Å². The molecule has 1 aromatic heterocycles. The van der Waals surface area contributed by atoms with Crippen molar-refractivity contribution in [2.45, 2.75) is 12.8 Å². The van der Waals surface area contributed by atoms with Gasteiger partial charge < -0.3 is 4.90 Å². The van der Waals surface area contributed by atoms with Gasteiger partial charge in [-0.3, -0.25) is 0 Å². The molecule has 0 saturated carbocycles. The van der Waals surface area contributed by atoms with Crippen LogP contribution in [-0.4, -0.2) is 23.8 Å². The Bertz CT molecular complexity index is 367. The molecule has 1 rings (SSSR count). The zero-order chi connectivity index (χ0) is 11.1. The fourth-order valence-electron chi connectivity index (χ4n) is 1.27. The topological polar surface area (TPSA) is 52.8 Å². The lowest BCUT2D eigenvalue weighted by atomic mass is 10.2. The first-order valence-electron chi connectivity index (χ1n) is 4.83. The molecule has 0 aliphatic carbocycles. The zero-order valence-electron chi connectivity index (χ0n) is 8.85. The fraction of sp³-hybridized carbons (Fsp3) is 0.364. The summed E-state index contributed by atoms with van der Waals surface area (Å²) >= 11 is 0. The molecule has 4 heteroatoms. The second kappa shape index (κ2) is 5.76. The third-order valence-corrected chi connectivity index (χ3v) is 2.09. The molecule has 1 aromatic rings. The molecule has 0 amide bonds. The van der Waals surface area contributed by atoms with E-state index in [1.165, 1.54) is 6.20 Å². The highest BCUT2D eigenvalue weighted by molar-refractivity contribution is 5.51. The van der Waals surface area contributed by atoms with Crippen molar-refractivity contribution < 1.29 is 0 Å². The van der Waals surface area contributed by atoms with E-state index in [1.807, 2.05) is 18.0 Å². The minimum Gasteiger partial charge on any atom is -0.357 e. The third-order valence-electron chi connectivity index (χ3n) is 2.09. The van der Waals surface area contributed by atoms with Gasteiger partial charge in [0.15, 0.2) is 5.82 Å². The first-order valence-corrected chi connectivity index (χ1v) is 4.83. The van der Waals surface area contributed by atoms with E-state index >= 15 is 0 Å². The molecule has 0 spiro atoms. The first-order chi connectivity index (χ1) is 7.29. The van der Waals surface area contributed by atoms with E-state index in [0.717, 1.165) is 19.4 Å². The SMILES string of the molecule is C=CCCCN(C)c1nnccc1C#N. The van der Waals surface area contributed by atoms with Gasteiger partial charge in [-0.1, -0.05) is 6.08 Å². The molecule has 0 bridgehead atoms. The second-order valence-electron chi connectivity index (χ2n) is 3.23. The predicted octanol–water partition coefficient (Wildman–Crippen LogP) is 1.75. The number of allylic oxidation sites excluding steroid dienone is 1. The third kappa shape index (κ3) is 3.06. The van der Waals surface area contributed by atoms with E-state index in [2.05, 4.69) is 22.8 Å². The van der Waals surface area contributed by atoms with Crippen molar-refractivity contribution in [3.05, 3.63) is 30.5 Å². The molecule has 0 fully saturated rings. The Hall–Kier alpha value is -1.89. The largest absolute Gasteiger partial charge is 0.357 e. The maximum atomic E-state index is 8.88. The number of nitrogens with zero attached hydrogens (tertiary/aromatic N) is 4. The standard InChI is InChI=1S/C11H14N4/c1-3-4-5-8-15(2)11-10(9-12)6-7-13-14-11/h3,6-7H,1,4-5,8H2,2H3. The predicted molar refractivity (Wildman–Crippen MR) is 59.4 cm³/mol. The lowest BCUT2D eigenvalue weighted by Crippen LogP contribution is -2.21. The van der Waals surface area contributed by atoms with Crippen molar-refractivity contribution >= 4 is 5.82 Å². The van der Waals surface area contributed by atoms with Crippen LogP contribution in [0.1, 0.15) is 18.4 Å². The van der Waals surface area contributed by atoms with Crippen molar-refractivity contribution in [2.24, 2.45) is 0 Å². The van der Waals surface area contributed by atoms with E-state index in [9.17, 15) is 0 Å². The van der Waals surface area contributed by atoms with E-state index in [0.29, 0.717) is 11.4 Å². The lowest BCUT2D eigenvalue weighted by Gasteiger charge is -2.17. The molecule has 15 heavy (non-hydrogen) atoms. The lowest BCUT2D eigenvalue weighted by molar-refractivity contribution is 0.781. The fourth-order valence-corrected chi connectivity index (χ4v) is 1.27. The zero-order valence-corrected chi connectivity index (χ0v) is 8.85. The monoisotopic (exact) mass is 202 g/mol. The van der Waals surface area contributed by atoms with E-state index in [1.54, 1.807) is 6.07 Å². The van der Waals surface area contributed by atoms with Gasteiger partial charge in [0.05, 0.1) is 11.8 Å². The summed E-state index contributed by atoms with van der Waals surface area (Å²) in [5.74, 6) is 0.643. The van der Waals surface area contributed by atoms with Gasteiger partial charge in [0.2, 0.25) is 0 Å². The summed E-state index contributed by atoms with van der Waals surface area (Å²) in [6, 6.07) is 3.78. The van der Waals surface area contributed by atoms with Crippen LogP contribution >= 0.6 is 0 Å². The minimum absolute atomic E-state index is 0.561. The summed E-state index contributed by atoms with van der Waals surface area (Å²) in [4.78, 5) is 1.94. The summed E-state index contributed by atoms with van der Waals surface area (Å²) in [6.07, 6.45) is 5.38. The number of hydrogen-bond donors (Lipinski definition) is 0. The van der Waals surface area contributed by atoms with Crippen LogP contribution in [0.25, 0.3) is 0 Å². The van der Waals surface area contributed by atoms with Gasteiger partial charge in [0, 0.05) is 13.6 Å². The van der Waals surface area contributed by atoms with Crippen molar-refractivity contribution in [3.63, 3.8) is 0 Å². The highest BCUT2D eigenvalue weighted by Crippen LogP contribution is 2.13. The molecule has 0 atom stereocenters. The average Bonchev–Trinajstić information content (AvgIpc) is 2.29. The minimum atomic E-state index is 0.561. The van der Waals surface area contributed by atoms with E-state index < -0.39 is 0 Å². The molecule has 0 saturated heterocycles. The molecular weight excluding hydrogens is 188 g/mol. The normalized spacial score (nSPS) is 9.33. The number of aromatic nitrogens is 2. The summed E-state index contributed by atoms with van der Waals surface area (Å²) in [5.41, 5.74) is 0.561. The van der Waals surface area contributed by atoms with Crippen molar-refractivity contribution in [3.8, 4) is 6.07 Å². The molecule has 0 aliphatic rings. The summed E-state index contributed by atoms with van der Waals surface area (Å²) in [7, 11) is 1.91. The molecule has 1 heterocycles. The molecule has 0 aliphatic heterocycles. The van der Waals surface area contributed by atoms with Gasteiger partial charge in [0.25, 0.3) is 0 Å². The van der Waals surface area contributed by atoms with Gasteiger partial charge in [-0.05, 0) is 18.9 Å². The van der Waals surface area contributed by atoms with Crippen molar-refractivity contribution in [2.75, 3.05) is 18.5 Å². The van der Waals surface area contributed by atoms with Crippen LogP contribution in [-0.2, 0) is 0 Å². The molecule has 0 unspecified atom stereocenters. The molecule has 0 N–H and O–H groups in total. The molecular formula is C11H14N4. The number of unbranched alkanes of at least 4 members (excludes halogenated alkanes) is 1. The van der Waals surface area contributed by atoms with E-state index in [-0.39, 0.29) is 0 Å². The summed E-state index contributed by atoms with van der Waals surface area (Å²) < 4.78 is 0. The van der Waals surface area contributed by atoms with Gasteiger partial charge >= 0.3 is 0 Å². The summed E-state index contributed by atoms with van der Waals surface area (Å²) in [5, 5.41) is 16.6. The highest BCUT2D eigenvalue weighted by Gasteiger charge is 2.07. The Morgan fingerprint density at radius 1 is 1.67 bits per heavy atom. The van der Waals surface area contributed by atoms with Gasteiger partial charge in [-0.2, -0.15) is 10.4 Å². The van der Waals surface area contributed by atoms with Crippen LogP contribution in [0.5, 0.6) is 0 Å². The number of rotatable bonds is 5. The Morgan fingerprint density at radius 2 is 2.47 bits per heavy atom. The molecule has 0 aromatic carbocycles. The van der Waals surface area contributed by atoms with Crippen LogP contribution in [0.3, 0.4) is 0 Å². The van der Waals surface area contributed by atoms with Gasteiger partial charge in [-0.15, -0.1) is 11.7 Å². The van der Waals surface area contributed by atoms with Gasteiger partial charge in [-0.25, -0.2) is 0 Å². The van der Waals surface area contributed by atoms with Crippen LogP contribution in [0, 0.1) is 11.3 Å². The van der Waals surface area contributed by atoms with Gasteiger partial charge in [0.1, 0.15) is 6.07 Å². The first kappa shape index (κ1) is 11.2. The van der Waals surface area contributed by atoms with E-state index in [4.69, 9.17) is 5.26 Å². The maximum Gasteiger partial charge on any atom is 0.168 e. The van der Waals surface area contributed by atoms with Crippen LogP contribution in [0.2, 0.25) is 0 Å². The number of hydrogen-bond acceptors (Lipinski definition) is 4. The number of nitriles is 1. The average molecular weight is 202 g/mol. The quantitative estimate of drug-likeness (QED) is 0.539. The second-order valence-corrected chi connectivity index (χ2v) is 3.23.